The van der Waals surface area contributed by atoms with Gasteiger partial charge in [0.1, 0.15) is 0 Å². The lowest BCUT2D eigenvalue weighted by Crippen LogP contribution is -2.32. The standard InChI is InChI=1S/C21H22BrN3O2S/c1-3-12-25-20(27)17-13-15(22)10-11-18(17)23-21(25)28-14-19(26)24(4-2)16-8-6-5-7-9-16/h5-11,13H,3-4,12,14H2,1-2H3. The molecule has 0 aliphatic carbocycles. The van der Waals surface area contributed by atoms with Crippen molar-refractivity contribution >= 4 is 50.2 Å². The predicted molar refractivity (Wildman–Crippen MR) is 119 cm³/mol. The molecule has 0 unspecified atom stereocenters. The first-order chi connectivity index (χ1) is 13.5. The molecule has 1 amide bonds. The van der Waals surface area contributed by atoms with E-state index < -0.39 is 0 Å². The lowest BCUT2D eigenvalue weighted by Gasteiger charge is -2.21. The summed E-state index contributed by atoms with van der Waals surface area (Å²) in [5.41, 5.74) is 1.45. The van der Waals surface area contributed by atoms with Gasteiger partial charge in [0, 0.05) is 23.2 Å². The van der Waals surface area contributed by atoms with Gasteiger partial charge in [-0.2, -0.15) is 0 Å². The monoisotopic (exact) mass is 459 g/mol. The second-order valence-electron chi connectivity index (χ2n) is 6.27. The van der Waals surface area contributed by atoms with E-state index >= 15 is 0 Å². The van der Waals surface area contributed by atoms with Crippen molar-refractivity contribution in [2.45, 2.75) is 32.0 Å². The van der Waals surface area contributed by atoms with Crippen molar-refractivity contribution in [3.05, 3.63) is 63.4 Å². The number of aromatic nitrogens is 2. The fourth-order valence-corrected chi connectivity index (χ4v) is 4.28. The number of hydrogen-bond acceptors (Lipinski definition) is 4. The van der Waals surface area contributed by atoms with Gasteiger partial charge in [0.05, 0.1) is 16.7 Å². The number of halogens is 1. The van der Waals surface area contributed by atoms with E-state index in [0.29, 0.717) is 29.1 Å². The number of benzene rings is 2. The third kappa shape index (κ3) is 4.47. The molecule has 0 N–H and O–H groups in total. The molecular weight excluding hydrogens is 438 g/mol. The van der Waals surface area contributed by atoms with E-state index in [4.69, 9.17) is 0 Å². The molecule has 1 heterocycles. The van der Waals surface area contributed by atoms with Gasteiger partial charge in [0.2, 0.25) is 5.91 Å². The molecule has 0 bridgehead atoms. The molecule has 7 heteroatoms. The molecule has 0 radical (unpaired) electrons. The zero-order valence-electron chi connectivity index (χ0n) is 15.9. The van der Waals surface area contributed by atoms with Crippen molar-refractivity contribution in [3.63, 3.8) is 0 Å². The van der Waals surface area contributed by atoms with Gasteiger partial charge in [-0.15, -0.1) is 0 Å². The number of anilines is 1. The maximum atomic E-state index is 12.9. The zero-order chi connectivity index (χ0) is 20.1. The van der Waals surface area contributed by atoms with Gasteiger partial charge in [-0.05, 0) is 43.7 Å². The summed E-state index contributed by atoms with van der Waals surface area (Å²) in [6, 6.07) is 15.1. The first-order valence-corrected chi connectivity index (χ1v) is 11.0. The third-order valence-electron chi connectivity index (χ3n) is 4.34. The maximum Gasteiger partial charge on any atom is 0.262 e. The average molecular weight is 460 g/mol. The van der Waals surface area contributed by atoms with Gasteiger partial charge < -0.3 is 4.90 Å². The van der Waals surface area contributed by atoms with Crippen LogP contribution in [-0.2, 0) is 11.3 Å². The van der Waals surface area contributed by atoms with Gasteiger partial charge in [0.15, 0.2) is 5.16 Å². The summed E-state index contributed by atoms with van der Waals surface area (Å²) >= 11 is 4.73. The Labute approximate surface area is 176 Å². The lowest BCUT2D eigenvalue weighted by atomic mass is 10.2. The van der Waals surface area contributed by atoms with Crippen LogP contribution in [-0.4, -0.2) is 27.8 Å². The number of rotatable bonds is 7. The SMILES string of the molecule is CCCn1c(SCC(=O)N(CC)c2ccccc2)nc2ccc(Br)cc2c1=O. The van der Waals surface area contributed by atoms with Gasteiger partial charge in [0.25, 0.3) is 5.56 Å². The minimum Gasteiger partial charge on any atom is -0.312 e. The van der Waals surface area contributed by atoms with Crippen LogP contribution in [0.2, 0.25) is 0 Å². The van der Waals surface area contributed by atoms with Crippen LogP contribution in [0.3, 0.4) is 0 Å². The summed E-state index contributed by atoms with van der Waals surface area (Å²) in [6.07, 6.45) is 0.813. The molecule has 146 valence electrons. The quantitative estimate of drug-likeness (QED) is 0.379. The highest BCUT2D eigenvalue weighted by molar-refractivity contribution is 9.10. The molecule has 0 aliphatic rings. The number of nitrogens with zero attached hydrogens (tertiary/aromatic N) is 3. The molecule has 0 saturated heterocycles. The van der Waals surface area contributed by atoms with Crippen molar-refractivity contribution in [2.24, 2.45) is 0 Å². The van der Waals surface area contributed by atoms with Gasteiger partial charge in [-0.3, -0.25) is 14.2 Å². The normalized spacial score (nSPS) is 11.0. The Bertz CT molecular complexity index is 1040. The van der Waals surface area contributed by atoms with E-state index in [2.05, 4.69) is 20.9 Å². The molecule has 28 heavy (non-hydrogen) atoms. The van der Waals surface area contributed by atoms with E-state index in [-0.39, 0.29) is 17.2 Å². The molecule has 0 saturated carbocycles. The molecule has 5 nitrogen and oxygen atoms in total. The lowest BCUT2D eigenvalue weighted by molar-refractivity contribution is -0.116. The van der Waals surface area contributed by atoms with Crippen molar-refractivity contribution in [1.29, 1.82) is 0 Å². The largest absolute Gasteiger partial charge is 0.312 e. The predicted octanol–water partition coefficient (Wildman–Crippen LogP) is 4.71. The highest BCUT2D eigenvalue weighted by Crippen LogP contribution is 2.22. The highest BCUT2D eigenvalue weighted by Gasteiger charge is 2.17. The second-order valence-corrected chi connectivity index (χ2v) is 8.13. The van der Waals surface area contributed by atoms with Crippen LogP contribution in [0.5, 0.6) is 0 Å². The summed E-state index contributed by atoms with van der Waals surface area (Å²) in [4.78, 5) is 32.1. The molecule has 0 aliphatic heterocycles. The molecular formula is C21H22BrN3O2S. The number of carbonyl (C=O) groups excluding carboxylic acids is 1. The highest BCUT2D eigenvalue weighted by atomic mass is 79.9. The maximum absolute atomic E-state index is 12.9. The smallest absolute Gasteiger partial charge is 0.262 e. The van der Waals surface area contributed by atoms with E-state index in [9.17, 15) is 9.59 Å². The molecule has 0 atom stereocenters. The summed E-state index contributed by atoms with van der Waals surface area (Å²) in [5.74, 6) is 0.216. The van der Waals surface area contributed by atoms with Crippen molar-refractivity contribution in [3.8, 4) is 0 Å². The van der Waals surface area contributed by atoms with Crippen LogP contribution in [0.4, 0.5) is 5.69 Å². The fourth-order valence-electron chi connectivity index (χ4n) is 3.02. The van der Waals surface area contributed by atoms with Crippen LogP contribution in [0.25, 0.3) is 10.9 Å². The van der Waals surface area contributed by atoms with Gasteiger partial charge in [-0.25, -0.2) is 4.98 Å². The number of thioether (sulfide) groups is 1. The van der Waals surface area contributed by atoms with E-state index in [1.807, 2.05) is 56.3 Å². The molecule has 1 aromatic heterocycles. The Morgan fingerprint density at radius 3 is 2.61 bits per heavy atom. The topological polar surface area (TPSA) is 55.2 Å². The number of hydrogen-bond donors (Lipinski definition) is 0. The average Bonchev–Trinajstić information content (AvgIpc) is 2.71. The molecule has 0 fully saturated rings. The van der Waals surface area contributed by atoms with E-state index in [0.717, 1.165) is 16.6 Å². The minimum absolute atomic E-state index is 0.00750. The molecule has 2 aromatic carbocycles. The van der Waals surface area contributed by atoms with E-state index in [1.54, 1.807) is 15.5 Å². The van der Waals surface area contributed by atoms with E-state index in [1.165, 1.54) is 11.8 Å². The molecule has 0 spiro atoms. The van der Waals surface area contributed by atoms with Gasteiger partial charge in [-0.1, -0.05) is 52.8 Å². The van der Waals surface area contributed by atoms with Crippen LogP contribution in [0, 0.1) is 0 Å². The van der Waals surface area contributed by atoms with Crippen LogP contribution in [0.1, 0.15) is 20.3 Å². The Hall–Kier alpha value is -2.12. The first-order valence-electron chi connectivity index (χ1n) is 9.23. The van der Waals surface area contributed by atoms with Crippen molar-refractivity contribution < 1.29 is 4.79 Å². The van der Waals surface area contributed by atoms with Gasteiger partial charge >= 0.3 is 0 Å². The van der Waals surface area contributed by atoms with Crippen molar-refractivity contribution in [2.75, 3.05) is 17.2 Å². The Kier molecular flexibility index (Phi) is 6.91. The Morgan fingerprint density at radius 1 is 1.18 bits per heavy atom. The second kappa shape index (κ2) is 9.39. The Balaban J connectivity index is 1.89. The summed E-state index contributed by atoms with van der Waals surface area (Å²) in [7, 11) is 0. The van der Waals surface area contributed by atoms with Crippen LogP contribution < -0.4 is 10.5 Å². The number of para-hydroxylation sites is 1. The first kappa shape index (κ1) is 20.6. The fraction of sp³-hybridized carbons (Fsp3) is 0.286. The molecule has 3 rings (SSSR count). The molecule has 3 aromatic rings. The zero-order valence-corrected chi connectivity index (χ0v) is 18.3. The third-order valence-corrected chi connectivity index (χ3v) is 5.79. The van der Waals surface area contributed by atoms with Crippen LogP contribution >= 0.6 is 27.7 Å². The number of fused-ring (bicyclic) bond motifs is 1. The minimum atomic E-state index is -0.0708. The van der Waals surface area contributed by atoms with Crippen LogP contribution in [0.15, 0.2) is 63.0 Å². The summed E-state index contributed by atoms with van der Waals surface area (Å²) in [5, 5.41) is 1.16. The Morgan fingerprint density at radius 2 is 1.93 bits per heavy atom. The summed E-state index contributed by atoms with van der Waals surface area (Å²) in [6.45, 7) is 5.13. The number of amides is 1. The van der Waals surface area contributed by atoms with Crippen molar-refractivity contribution in [1.82, 2.24) is 9.55 Å². The number of carbonyl (C=O) groups is 1. The summed E-state index contributed by atoms with van der Waals surface area (Å²) < 4.78 is 2.52.